The van der Waals surface area contributed by atoms with E-state index in [9.17, 15) is 0 Å². The summed E-state index contributed by atoms with van der Waals surface area (Å²) in [4.78, 5) is 0. The lowest BCUT2D eigenvalue weighted by molar-refractivity contribution is 0.356. The number of thiocarbonyl (C=S) groups is 2. The Bertz CT molecular complexity index is 759. The van der Waals surface area contributed by atoms with Crippen molar-refractivity contribution in [3.05, 3.63) is 59.7 Å². The van der Waals surface area contributed by atoms with Crippen LogP contribution in [0.15, 0.2) is 48.5 Å². The summed E-state index contributed by atoms with van der Waals surface area (Å²) in [7, 11) is 0. The van der Waals surface area contributed by atoms with Gasteiger partial charge in [-0.2, -0.15) is 0 Å². The van der Waals surface area contributed by atoms with Gasteiger partial charge in [0.25, 0.3) is 0 Å². The molecule has 1 aliphatic rings. The average Bonchev–Trinajstić information content (AvgIpc) is 2.67. The van der Waals surface area contributed by atoms with Crippen molar-refractivity contribution in [3.63, 3.8) is 0 Å². The number of anilines is 2. The van der Waals surface area contributed by atoms with E-state index in [2.05, 4.69) is 47.2 Å². The lowest BCUT2D eigenvalue weighted by Gasteiger charge is -2.31. The highest BCUT2D eigenvalue weighted by Crippen LogP contribution is 2.20. The Morgan fingerprint density at radius 1 is 0.679 bits per heavy atom. The third-order valence-corrected chi connectivity index (χ3v) is 5.62. The van der Waals surface area contributed by atoms with Crippen LogP contribution in [0.4, 0.5) is 11.4 Å². The van der Waals surface area contributed by atoms with Crippen LogP contribution in [0, 0.1) is 13.8 Å². The van der Waals surface area contributed by atoms with Gasteiger partial charge < -0.3 is 21.3 Å². The summed E-state index contributed by atoms with van der Waals surface area (Å²) in [6.45, 7) is 4.16. The number of para-hydroxylation sites is 2. The van der Waals surface area contributed by atoms with Crippen molar-refractivity contribution in [1.29, 1.82) is 0 Å². The van der Waals surface area contributed by atoms with Gasteiger partial charge in [-0.25, -0.2) is 0 Å². The van der Waals surface area contributed by atoms with Crippen LogP contribution in [-0.2, 0) is 0 Å². The number of benzene rings is 2. The van der Waals surface area contributed by atoms with Crippen molar-refractivity contribution in [2.75, 3.05) is 10.6 Å². The van der Waals surface area contributed by atoms with E-state index in [1.54, 1.807) is 0 Å². The minimum atomic E-state index is 0.403. The first-order valence-corrected chi connectivity index (χ1v) is 10.6. The van der Waals surface area contributed by atoms with Crippen LogP contribution in [0.3, 0.4) is 0 Å². The molecule has 1 aliphatic carbocycles. The highest BCUT2D eigenvalue weighted by Gasteiger charge is 2.22. The van der Waals surface area contributed by atoms with E-state index >= 15 is 0 Å². The van der Waals surface area contributed by atoms with Gasteiger partial charge in [0.05, 0.1) is 0 Å². The van der Waals surface area contributed by atoms with Crippen LogP contribution in [0.25, 0.3) is 0 Å². The molecule has 0 spiro atoms. The third kappa shape index (κ3) is 5.91. The topological polar surface area (TPSA) is 48.1 Å². The maximum atomic E-state index is 5.49. The second-order valence-corrected chi connectivity index (χ2v) is 8.19. The van der Waals surface area contributed by atoms with Crippen LogP contribution >= 0.6 is 24.4 Å². The molecule has 148 valence electrons. The number of hydrogen-bond donors (Lipinski definition) is 4. The van der Waals surface area contributed by atoms with Gasteiger partial charge in [0.2, 0.25) is 0 Å². The first kappa shape index (κ1) is 20.6. The summed E-state index contributed by atoms with van der Waals surface area (Å²) in [6, 6.07) is 17.2. The summed E-state index contributed by atoms with van der Waals surface area (Å²) in [5.41, 5.74) is 4.49. The summed E-state index contributed by atoms with van der Waals surface area (Å²) in [6.07, 6.45) is 4.28. The normalized spacial score (nSPS) is 18.8. The molecule has 1 saturated carbocycles. The van der Waals surface area contributed by atoms with E-state index in [1.165, 1.54) is 11.1 Å². The molecule has 0 amide bonds. The molecule has 6 heteroatoms. The molecule has 0 saturated heterocycles. The van der Waals surface area contributed by atoms with Gasteiger partial charge in [0.15, 0.2) is 10.2 Å². The molecule has 2 aromatic rings. The Morgan fingerprint density at radius 2 is 1.04 bits per heavy atom. The van der Waals surface area contributed by atoms with Crippen molar-refractivity contribution in [3.8, 4) is 0 Å². The molecule has 4 N–H and O–H groups in total. The standard InChI is InChI=1S/C22H28N4S2/c1-15-7-3-5-9-19(15)25-21(27)23-17-11-13-18(14-12-17)24-22(28)26-20-10-6-4-8-16(20)2/h3-10,17-18H,11-14H2,1-2H3,(H2,23,25,27)(H2,24,26,28). The SMILES string of the molecule is Cc1ccccc1NC(=S)NC1CCC(NC(=S)Nc2ccccc2C)CC1. The molecule has 0 heterocycles. The van der Waals surface area contributed by atoms with Gasteiger partial charge in [-0.3, -0.25) is 0 Å². The fraction of sp³-hybridized carbons (Fsp3) is 0.364. The van der Waals surface area contributed by atoms with Crippen LogP contribution in [0.5, 0.6) is 0 Å². The summed E-state index contributed by atoms with van der Waals surface area (Å²) in [5.74, 6) is 0. The highest BCUT2D eigenvalue weighted by molar-refractivity contribution is 7.80. The summed E-state index contributed by atoms with van der Waals surface area (Å²) < 4.78 is 0. The van der Waals surface area contributed by atoms with Crippen LogP contribution in [-0.4, -0.2) is 22.3 Å². The van der Waals surface area contributed by atoms with E-state index in [0.717, 1.165) is 37.1 Å². The third-order valence-electron chi connectivity index (χ3n) is 5.18. The molecule has 3 rings (SSSR count). The van der Waals surface area contributed by atoms with Gasteiger partial charge >= 0.3 is 0 Å². The van der Waals surface area contributed by atoms with Gasteiger partial charge in [-0.15, -0.1) is 0 Å². The van der Waals surface area contributed by atoms with Crippen LogP contribution < -0.4 is 21.3 Å². The minimum Gasteiger partial charge on any atom is -0.360 e. The zero-order chi connectivity index (χ0) is 19.9. The van der Waals surface area contributed by atoms with Crippen molar-refractivity contribution in [1.82, 2.24) is 10.6 Å². The van der Waals surface area contributed by atoms with E-state index < -0.39 is 0 Å². The van der Waals surface area contributed by atoms with E-state index in [-0.39, 0.29) is 0 Å². The average molecular weight is 413 g/mol. The molecule has 2 aromatic carbocycles. The van der Waals surface area contributed by atoms with E-state index in [4.69, 9.17) is 24.4 Å². The largest absolute Gasteiger partial charge is 0.360 e. The van der Waals surface area contributed by atoms with Gasteiger partial charge in [-0.1, -0.05) is 36.4 Å². The zero-order valence-corrected chi connectivity index (χ0v) is 18.1. The monoisotopic (exact) mass is 412 g/mol. The highest BCUT2D eigenvalue weighted by atomic mass is 32.1. The first-order chi connectivity index (χ1) is 13.5. The Labute approximate surface area is 178 Å². The molecule has 28 heavy (non-hydrogen) atoms. The number of nitrogens with one attached hydrogen (secondary N) is 4. The fourth-order valence-corrected chi connectivity index (χ4v) is 4.05. The number of hydrogen-bond acceptors (Lipinski definition) is 2. The molecule has 0 atom stereocenters. The van der Waals surface area contributed by atoms with E-state index in [0.29, 0.717) is 22.3 Å². The minimum absolute atomic E-state index is 0.403. The molecular formula is C22H28N4S2. The van der Waals surface area contributed by atoms with Crippen LogP contribution in [0.1, 0.15) is 36.8 Å². The number of aryl methyl sites for hydroxylation is 2. The lowest BCUT2D eigenvalue weighted by atomic mass is 9.91. The Balaban J connectivity index is 1.40. The second kappa shape index (κ2) is 9.85. The molecule has 0 radical (unpaired) electrons. The molecule has 1 fully saturated rings. The quantitative estimate of drug-likeness (QED) is 0.537. The Morgan fingerprint density at radius 3 is 1.39 bits per heavy atom. The maximum Gasteiger partial charge on any atom is 0.171 e. The van der Waals surface area contributed by atoms with Crippen molar-refractivity contribution >= 4 is 46.0 Å². The Hall–Kier alpha value is -2.18. The summed E-state index contributed by atoms with van der Waals surface area (Å²) >= 11 is 11.0. The molecule has 0 unspecified atom stereocenters. The Kier molecular flexibility index (Phi) is 7.23. The van der Waals surface area contributed by atoms with E-state index in [1.807, 2.05) is 36.4 Å². The second-order valence-electron chi connectivity index (χ2n) is 7.38. The molecular weight excluding hydrogens is 384 g/mol. The van der Waals surface area contributed by atoms with Crippen molar-refractivity contribution < 1.29 is 0 Å². The molecule has 0 bridgehead atoms. The maximum absolute atomic E-state index is 5.49. The molecule has 0 aromatic heterocycles. The van der Waals surface area contributed by atoms with Crippen LogP contribution in [0.2, 0.25) is 0 Å². The fourth-order valence-electron chi connectivity index (χ4n) is 3.50. The first-order valence-electron chi connectivity index (χ1n) is 9.77. The smallest absolute Gasteiger partial charge is 0.171 e. The predicted octanol–water partition coefficient (Wildman–Crippen LogP) is 4.89. The lowest BCUT2D eigenvalue weighted by Crippen LogP contribution is -2.45. The molecule has 4 nitrogen and oxygen atoms in total. The number of rotatable bonds is 4. The van der Waals surface area contributed by atoms with Gasteiger partial charge in [-0.05, 0) is 87.2 Å². The van der Waals surface area contributed by atoms with Gasteiger partial charge in [0, 0.05) is 23.5 Å². The predicted molar refractivity (Wildman–Crippen MR) is 127 cm³/mol. The van der Waals surface area contributed by atoms with Gasteiger partial charge in [0.1, 0.15) is 0 Å². The van der Waals surface area contributed by atoms with Crippen molar-refractivity contribution in [2.24, 2.45) is 0 Å². The zero-order valence-electron chi connectivity index (χ0n) is 16.4. The summed E-state index contributed by atoms with van der Waals surface area (Å²) in [5, 5.41) is 14.9. The van der Waals surface area contributed by atoms with Crippen molar-refractivity contribution in [2.45, 2.75) is 51.6 Å². The molecule has 0 aliphatic heterocycles.